The summed E-state index contributed by atoms with van der Waals surface area (Å²) in [5, 5.41) is 18.2. The Labute approximate surface area is 176 Å². The first kappa shape index (κ1) is 21.6. The van der Waals surface area contributed by atoms with Crippen LogP contribution < -0.4 is 10.9 Å². The van der Waals surface area contributed by atoms with E-state index in [1.165, 1.54) is 35.9 Å². The van der Waals surface area contributed by atoms with Crippen LogP contribution in [0.2, 0.25) is 0 Å². The molecule has 0 saturated heterocycles. The highest BCUT2D eigenvalue weighted by Gasteiger charge is 2.25. The van der Waals surface area contributed by atoms with Gasteiger partial charge in [0.2, 0.25) is 0 Å². The average molecular weight is 424 g/mol. The van der Waals surface area contributed by atoms with E-state index in [-0.39, 0.29) is 28.7 Å². The highest BCUT2D eigenvalue weighted by molar-refractivity contribution is 6.04. The molecule has 1 aromatic heterocycles. The summed E-state index contributed by atoms with van der Waals surface area (Å²) >= 11 is 0. The van der Waals surface area contributed by atoms with E-state index in [9.17, 15) is 24.5 Å². The third-order valence-electron chi connectivity index (χ3n) is 4.52. The summed E-state index contributed by atoms with van der Waals surface area (Å²) in [6, 6.07) is 11.8. The number of amides is 1. The second-order valence-electron chi connectivity index (χ2n) is 7.05. The van der Waals surface area contributed by atoms with Crippen LogP contribution in [0.5, 0.6) is 0 Å². The Kier molecular flexibility index (Phi) is 6.10. The Morgan fingerprint density at radius 2 is 1.68 bits per heavy atom. The molecule has 1 atom stereocenters. The minimum Gasteiger partial charge on any atom is -0.448 e. The molecule has 0 saturated carbocycles. The molecule has 0 fully saturated rings. The smallest absolute Gasteiger partial charge is 0.360 e. The van der Waals surface area contributed by atoms with Crippen molar-refractivity contribution in [3.05, 3.63) is 74.7 Å². The number of nitrogens with zero attached hydrogens (tertiary/aromatic N) is 3. The van der Waals surface area contributed by atoms with Gasteiger partial charge in [0.15, 0.2) is 11.8 Å². The predicted octanol–water partition coefficient (Wildman–Crippen LogP) is 3.07. The van der Waals surface area contributed by atoms with Crippen LogP contribution in [0.15, 0.2) is 53.3 Å². The molecule has 1 N–H and O–H groups in total. The van der Waals surface area contributed by atoms with Crippen LogP contribution in [0.25, 0.3) is 10.8 Å². The molecule has 0 radical (unpaired) electrons. The number of ether oxygens (including phenoxy) is 1. The SMILES string of the molecule is CC(OC(=O)c1nn(C(C)C)c(=O)c2ccccc12)C(=O)Nc1ccccc1[N+](=O)[O-]. The normalized spacial score (nSPS) is 11.9. The van der Waals surface area contributed by atoms with Gasteiger partial charge in [0.05, 0.1) is 16.4 Å². The summed E-state index contributed by atoms with van der Waals surface area (Å²) in [7, 11) is 0. The number of fused-ring (bicyclic) bond motifs is 1. The Bertz CT molecular complexity index is 1230. The lowest BCUT2D eigenvalue weighted by Gasteiger charge is -2.16. The number of para-hydroxylation sites is 2. The molecule has 1 amide bonds. The Morgan fingerprint density at radius 3 is 2.32 bits per heavy atom. The number of aromatic nitrogens is 2. The Balaban J connectivity index is 1.87. The zero-order valence-corrected chi connectivity index (χ0v) is 17.1. The molecule has 31 heavy (non-hydrogen) atoms. The second kappa shape index (κ2) is 8.74. The van der Waals surface area contributed by atoms with E-state index in [2.05, 4.69) is 10.4 Å². The van der Waals surface area contributed by atoms with E-state index >= 15 is 0 Å². The second-order valence-corrected chi connectivity index (χ2v) is 7.05. The number of hydrogen-bond donors (Lipinski definition) is 1. The zero-order valence-electron chi connectivity index (χ0n) is 17.1. The van der Waals surface area contributed by atoms with E-state index in [0.29, 0.717) is 10.8 Å². The molecular weight excluding hydrogens is 404 g/mol. The first-order chi connectivity index (χ1) is 14.7. The van der Waals surface area contributed by atoms with Crippen LogP contribution in [0.3, 0.4) is 0 Å². The number of nitrogens with one attached hydrogen (secondary N) is 1. The Morgan fingerprint density at radius 1 is 1.06 bits per heavy atom. The van der Waals surface area contributed by atoms with Crippen molar-refractivity contribution in [3.63, 3.8) is 0 Å². The molecule has 0 aliphatic heterocycles. The van der Waals surface area contributed by atoms with Gasteiger partial charge < -0.3 is 10.1 Å². The summed E-state index contributed by atoms with van der Waals surface area (Å²) in [4.78, 5) is 48.3. The maximum absolute atomic E-state index is 12.8. The van der Waals surface area contributed by atoms with Gasteiger partial charge in [-0.15, -0.1) is 0 Å². The fraction of sp³-hybridized carbons (Fsp3) is 0.238. The number of hydrogen-bond acceptors (Lipinski definition) is 7. The molecule has 0 spiro atoms. The molecule has 0 bridgehead atoms. The van der Waals surface area contributed by atoms with Crippen LogP contribution in [-0.4, -0.2) is 32.7 Å². The average Bonchev–Trinajstić information content (AvgIpc) is 2.74. The van der Waals surface area contributed by atoms with Gasteiger partial charge >= 0.3 is 5.97 Å². The van der Waals surface area contributed by atoms with E-state index in [0.717, 1.165) is 0 Å². The molecular formula is C21H20N4O6. The van der Waals surface area contributed by atoms with Crippen LogP contribution in [0, 0.1) is 10.1 Å². The topological polar surface area (TPSA) is 133 Å². The van der Waals surface area contributed by atoms with Gasteiger partial charge in [-0.3, -0.25) is 19.7 Å². The fourth-order valence-electron chi connectivity index (χ4n) is 2.95. The van der Waals surface area contributed by atoms with Crippen molar-refractivity contribution in [2.75, 3.05) is 5.32 Å². The quantitative estimate of drug-likeness (QED) is 0.365. The lowest BCUT2D eigenvalue weighted by molar-refractivity contribution is -0.383. The Hall–Kier alpha value is -4.08. The highest BCUT2D eigenvalue weighted by atomic mass is 16.6. The van der Waals surface area contributed by atoms with E-state index in [1.807, 2.05) is 0 Å². The molecule has 1 unspecified atom stereocenters. The van der Waals surface area contributed by atoms with Crippen molar-refractivity contribution in [2.45, 2.75) is 32.9 Å². The maximum Gasteiger partial charge on any atom is 0.360 e. The van der Waals surface area contributed by atoms with Crippen LogP contribution in [-0.2, 0) is 9.53 Å². The van der Waals surface area contributed by atoms with E-state index < -0.39 is 22.9 Å². The van der Waals surface area contributed by atoms with Crippen LogP contribution in [0.1, 0.15) is 37.3 Å². The molecule has 160 valence electrons. The molecule has 1 heterocycles. The number of carbonyl (C=O) groups is 2. The van der Waals surface area contributed by atoms with Crippen molar-refractivity contribution < 1.29 is 19.2 Å². The van der Waals surface area contributed by atoms with Gasteiger partial charge in [-0.2, -0.15) is 5.10 Å². The third-order valence-corrected chi connectivity index (χ3v) is 4.52. The number of carbonyl (C=O) groups excluding carboxylic acids is 2. The first-order valence-corrected chi connectivity index (χ1v) is 9.47. The van der Waals surface area contributed by atoms with Crippen molar-refractivity contribution >= 4 is 34.0 Å². The van der Waals surface area contributed by atoms with Crippen molar-refractivity contribution in [3.8, 4) is 0 Å². The number of rotatable bonds is 6. The summed E-state index contributed by atoms with van der Waals surface area (Å²) in [6.45, 7) is 4.84. The van der Waals surface area contributed by atoms with Crippen molar-refractivity contribution in [1.29, 1.82) is 0 Å². The number of esters is 1. The van der Waals surface area contributed by atoms with Gasteiger partial charge in [0.25, 0.3) is 17.2 Å². The summed E-state index contributed by atoms with van der Waals surface area (Å²) in [5.41, 5.74) is -0.748. The number of benzene rings is 2. The minimum absolute atomic E-state index is 0.0164. The van der Waals surface area contributed by atoms with Gasteiger partial charge in [-0.05, 0) is 32.9 Å². The lowest BCUT2D eigenvalue weighted by atomic mass is 10.1. The summed E-state index contributed by atoms with van der Waals surface area (Å²) < 4.78 is 6.43. The molecule has 10 heteroatoms. The van der Waals surface area contributed by atoms with E-state index in [1.54, 1.807) is 38.1 Å². The monoisotopic (exact) mass is 424 g/mol. The largest absolute Gasteiger partial charge is 0.448 e. The molecule has 2 aromatic carbocycles. The summed E-state index contributed by atoms with van der Waals surface area (Å²) in [6.07, 6.45) is -1.27. The molecule has 0 aliphatic carbocycles. The van der Waals surface area contributed by atoms with E-state index in [4.69, 9.17) is 4.74 Å². The van der Waals surface area contributed by atoms with Gasteiger partial charge in [-0.1, -0.05) is 30.3 Å². The van der Waals surface area contributed by atoms with Crippen LogP contribution in [0.4, 0.5) is 11.4 Å². The number of nitro benzene ring substituents is 1. The maximum atomic E-state index is 12.8. The number of anilines is 1. The van der Waals surface area contributed by atoms with Crippen LogP contribution >= 0.6 is 0 Å². The van der Waals surface area contributed by atoms with Gasteiger partial charge in [-0.25, -0.2) is 9.48 Å². The standard InChI is InChI=1S/C21H20N4O6/c1-12(2)24-20(27)15-9-5-4-8-14(15)18(23-24)21(28)31-13(3)19(26)22-16-10-6-7-11-17(16)25(29)30/h4-13H,1-3H3,(H,22,26). The third kappa shape index (κ3) is 4.42. The lowest BCUT2D eigenvalue weighted by Crippen LogP contribution is -2.32. The highest BCUT2D eigenvalue weighted by Crippen LogP contribution is 2.23. The van der Waals surface area contributed by atoms with Gasteiger partial charge in [0.1, 0.15) is 5.69 Å². The fourth-order valence-corrected chi connectivity index (χ4v) is 2.95. The molecule has 10 nitrogen and oxygen atoms in total. The summed E-state index contributed by atoms with van der Waals surface area (Å²) in [5.74, 6) is -1.64. The van der Waals surface area contributed by atoms with Crippen molar-refractivity contribution in [2.24, 2.45) is 0 Å². The molecule has 3 rings (SSSR count). The zero-order chi connectivity index (χ0) is 22.7. The minimum atomic E-state index is -1.27. The first-order valence-electron chi connectivity index (χ1n) is 9.47. The molecule has 0 aliphatic rings. The van der Waals surface area contributed by atoms with Gasteiger partial charge in [0, 0.05) is 11.5 Å². The predicted molar refractivity (Wildman–Crippen MR) is 113 cm³/mol. The van der Waals surface area contributed by atoms with Crippen molar-refractivity contribution in [1.82, 2.24) is 9.78 Å². The molecule has 3 aromatic rings. The number of nitro groups is 1.